The summed E-state index contributed by atoms with van der Waals surface area (Å²) < 4.78 is 0. The molecule has 0 bridgehead atoms. The maximum atomic E-state index is 3.88. The first-order valence-corrected chi connectivity index (χ1v) is 3.04. The summed E-state index contributed by atoms with van der Waals surface area (Å²) >= 11 is 5.60. The van der Waals surface area contributed by atoms with Gasteiger partial charge in [-0.3, -0.25) is 0 Å². The fourth-order valence-electron chi connectivity index (χ4n) is 0. The fourth-order valence-corrected chi connectivity index (χ4v) is 0. The predicted molar refractivity (Wildman–Crippen MR) is 30.0 cm³/mol. The van der Waals surface area contributed by atoms with E-state index in [1.807, 2.05) is 7.12 Å². The first-order valence-electron chi connectivity index (χ1n) is 1.01. The number of hydrogen-bond donors (Lipinski definition) is 1. The van der Waals surface area contributed by atoms with Gasteiger partial charge in [-0.2, -0.15) is 12.6 Å². The Kier molecular flexibility index (Phi) is 4.48. The van der Waals surface area contributed by atoms with Crippen LogP contribution in [0.25, 0.3) is 0 Å². The van der Waals surface area contributed by atoms with Crippen LogP contribution in [0.2, 0.25) is 0 Å². The van der Waals surface area contributed by atoms with Crippen LogP contribution in [0.15, 0.2) is 0 Å². The number of hydrogen-bond acceptors (Lipinski definition) is 2. The van der Waals surface area contributed by atoms with Gasteiger partial charge in [0.05, 0.1) is 0 Å². The number of rotatable bonds is 1. The van der Waals surface area contributed by atoms with E-state index in [0.29, 0.717) is 0 Å². The number of thiol groups is 1. The SMILES string of the molecule is BSCS. The standard InChI is InChI=1S/CH5BS2/c2-4-1-3/h3H,1-2H2. The van der Waals surface area contributed by atoms with Crippen molar-refractivity contribution in [2.45, 2.75) is 0 Å². The van der Waals surface area contributed by atoms with Gasteiger partial charge in [-0.1, -0.05) is 0 Å². The topological polar surface area (TPSA) is 0 Å². The third kappa shape index (κ3) is 2.76. The fraction of sp³-hybridized carbons (Fsp3) is 1.00. The molecule has 0 heterocycles. The van der Waals surface area contributed by atoms with E-state index in [0.717, 1.165) is 5.08 Å². The second kappa shape index (κ2) is 3.76. The average molecular weight is 92.0 g/mol. The zero-order valence-corrected chi connectivity index (χ0v) is 4.27. The first kappa shape index (κ1) is 4.76. The molecular weight excluding hydrogens is 87.0 g/mol. The van der Waals surface area contributed by atoms with Crippen LogP contribution in [0.1, 0.15) is 0 Å². The quantitative estimate of drug-likeness (QED) is 0.273. The molecule has 0 saturated carbocycles. The highest BCUT2D eigenvalue weighted by Gasteiger charge is 1.56. The monoisotopic (exact) mass is 92.0 g/mol. The molecule has 0 spiro atoms. The van der Waals surface area contributed by atoms with Crippen molar-refractivity contribution >= 4 is 31.4 Å². The Morgan fingerprint density at radius 2 is 2.25 bits per heavy atom. The van der Waals surface area contributed by atoms with E-state index in [1.54, 1.807) is 11.6 Å². The highest BCUT2D eigenvalue weighted by molar-refractivity contribution is 8.25. The maximum Gasteiger partial charge on any atom is 0.174 e. The molecule has 0 amide bonds. The minimum atomic E-state index is 0.931. The molecule has 0 atom stereocenters. The third-order valence-corrected chi connectivity index (χ3v) is 1.16. The van der Waals surface area contributed by atoms with Gasteiger partial charge in [0, 0.05) is 5.08 Å². The van der Waals surface area contributed by atoms with E-state index in [2.05, 4.69) is 12.6 Å². The van der Waals surface area contributed by atoms with Crippen LogP contribution in [0.5, 0.6) is 0 Å². The van der Waals surface area contributed by atoms with Crippen LogP contribution in [0, 0.1) is 0 Å². The van der Waals surface area contributed by atoms with Gasteiger partial charge in [0.25, 0.3) is 0 Å². The van der Waals surface area contributed by atoms with Crippen molar-refractivity contribution in [3.05, 3.63) is 0 Å². The Hall–Kier alpha value is 0.765. The Labute approximate surface area is 37.1 Å². The van der Waals surface area contributed by atoms with Crippen LogP contribution >= 0.6 is 24.2 Å². The molecule has 0 aromatic carbocycles. The lowest BCUT2D eigenvalue weighted by atomic mass is 10.8. The van der Waals surface area contributed by atoms with Gasteiger partial charge in [0.2, 0.25) is 0 Å². The molecule has 24 valence electrons. The van der Waals surface area contributed by atoms with E-state index in [9.17, 15) is 0 Å². The summed E-state index contributed by atoms with van der Waals surface area (Å²) in [6.45, 7) is 0. The normalized spacial score (nSPS) is 7.25. The van der Waals surface area contributed by atoms with Crippen LogP contribution in [0.3, 0.4) is 0 Å². The summed E-state index contributed by atoms with van der Waals surface area (Å²) in [7, 11) is 2.02. The first-order chi connectivity index (χ1) is 1.91. The van der Waals surface area contributed by atoms with E-state index in [-0.39, 0.29) is 0 Å². The van der Waals surface area contributed by atoms with Crippen molar-refractivity contribution in [1.29, 1.82) is 0 Å². The molecule has 0 N–H and O–H groups in total. The summed E-state index contributed by atoms with van der Waals surface area (Å²) in [6, 6.07) is 0. The van der Waals surface area contributed by atoms with Gasteiger partial charge in [0.1, 0.15) is 0 Å². The highest BCUT2D eigenvalue weighted by atomic mass is 32.2. The third-order valence-electron chi connectivity index (χ3n) is 0.129. The molecule has 0 radical (unpaired) electrons. The molecule has 4 heavy (non-hydrogen) atoms. The molecule has 0 unspecified atom stereocenters. The van der Waals surface area contributed by atoms with E-state index in [1.165, 1.54) is 0 Å². The van der Waals surface area contributed by atoms with Crippen LogP contribution in [-0.4, -0.2) is 12.2 Å². The van der Waals surface area contributed by atoms with E-state index >= 15 is 0 Å². The summed E-state index contributed by atoms with van der Waals surface area (Å²) in [5.74, 6) is 0. The lowest BCUT2D eigenvalue weighted by molar-refractivity contribution is 2.36. The van der Waals surface area contributed by atoms with E-state index in [4.69, 9.17) is 0 Å². The summed E-state index contributed by atoms with van der Waals surface area (Å²) in [5, 5.41) is 0.931. The van der Waals surface area contributed by atoms with Crippen LogP contribution in [0.4, 0.5) is 0 Å². The summed E-state index contributed by atoms with van der Waals surface area (Å²) in [4.78, 5) is 0. The minimum Gasteiger partial charge on any atom is -0.209 e. The molecule has 0 aliphatic carbocycles. The van der Waals surface area contributed by atoms with Crippen molar-refractivity contribution in [2.75, 3.05) is 5.08 Å². The minimum absolute atomic E-state index is 0.931. The lowest BCUT2D eigenvalue weighted by Gasteiger charge is -1.69. The molecule has 0 aromatic heterocycles. The molecular formula is CH5BS2. The zero-order valence-electron chi connectivity index (χ0n) is 2.56. The van der Waals surface area contributed by atoms with Crippen LogP contribution < -0.4 is 0 Å². The summed E-state index contributed by atoms with van der Waals surface area (Å²) in [6.07, 6.45) is 0. The molecule has 0 aromatic rings. The molecule has 0 saturated heterocycles. The molecule has 0 nitrogen and oxygen atoms in total. The summed E-state index contributed by atoms with van der Waals surface area (Å²) in [5.41, 5.74) is 0. The molecule has 0 fully saturated rings. The van der Waals surface area contributed by atoms with Gasteiger partial charge < -0.3 is 0 Å². The molecule has 3 heteroatoms. The van der Waals surface area contributed by atoms with Gasteiger partial charge in [-0.25, -0.2) is 11.6 Å². The van der Waals surface area contributed by atoms with Crippen LogP contribution in [-0.2, 0) is 0 Å². The van der Waals surface area contributed by atoms with Crippen molar-refractivity contribution in [3.63, 3.8) is 0 Å². The predicted octanol–water partition coefficient (Wildman–Crippen LogP) is 0.155. The van der Waals surface area contributed by atoms with Gasteiger partial charge in [-0.05, 0) is 0 Å². The Balaban J connectivity index is 1.97. The lowest BCUT2D eigenvalue weighted by Crippen LogP contribution is -1.49. The van der Waals surface area contributed by atoms with Crippen molar-refractivity contribution in [1.82, 2.24) is 0 Å². The van der Waals surface area contributed by atoms with Crippen molar-refractivity contribution in [3.8, 4) is 0 Å². The molecule has 0 rings (SSSR count). The highest BCUT2D eigenvalue weighted by Crippen LogP contribution is 1.88. The van der Waals surface area contributed by atoms with Gasteiger partial charge in [0.15, 0.2) is 7.12 Å². The van der Waals surface area contributed by atoms with Crippen molar-refractivity contribution in [2.24, 2.45) is 0 Å². The largest absolute Gasteiger partial charge is 0.209 e. The second-order valence-corrected chi connectivity index (χ2v) is 2.03. The molecule has 0 aliphatic rings. The maximum absolute atomic E-state index is 3.88. The Morgan fingerprint density at radius 3 is 2.25 bits per heavy atom. The van der Waals surface area contributed by atoms with Gasteiger partial charge >= 0.3 is 0 Å². The Bertz CT molecular complexity index is 8.00. The van der Waals surface area contributed by atoms with E-state index < -0.39 is 0 Å². The average Bonchev–Trinajstić information content (AvgIpc) is 1.37. The molecule has 0 aliphatic heterocycles. The van der Waals surface area contributed by atoms with Gasteiger partial charge in [-0.15, -0.1) is 0 Å². The zero-order chi connectivity index (χ0) is 3.41. The smallest absolute Gasteiger partial charge is 0.174 e. The van der Waals surface area contributed by atoms with Crippen molar-refractivity contribution < 1.29 is 0 Å². The Morgan fingerprint density at radius 1 is 2.00 bits per heavy atom. The second-order valence-electron chi connectivity index (χ2n) is 0.418.